The number of hydrogen-bond donors (Lipinski definition) is 1. The maximum atomic E-state index is 5.94. The molecule has 1 N–H and O–H groups in total. The van der Waals surface area contributed by atoms with E-state index >= 15 is 0 Å². The van der Waals surface area contributed by atoms with Crippen molar-refractivity contribution in [1.82, 2.24) is 9.97 Å². The van der Waals surface area contributed by atoms with Crippen molar-refractivity contribution >= 4 is 5.82 Å². The lowest BCUT2D eigenvalue weighted by Gasteiger charge is -2.15. The summed E-state index contributed by atoms with van der Waals surface area (Å²) in [5.41, 5.74) is 1.13. The molecule has 4 nitrogen and oxygen atoms in total. The van der Waals surface area contributed by atoms with Crippen molar-refractivity contribution < 1.29 is 4.74 Å². The summed E-state index contributed by atoms with van der Waals surface area (Å²) >= 11 is 0. The van der Waals surface area contributed by atoms with Gasteiger partial charge in [0.15, 0.2) is 0 Å². The summed E-state index contributed by atoms with van der Waals surface area (Å²) in [4.78, 5) is 8.88. The van der Waals surface area contributed by atoms with Gasteiger partial charge in [-0.15, -0.1) is 0 Å². The summed E-state index contributed by atoms with van der Waals surface area (Å²) in [6, 6.07) is 12.0. The summed E-state index contributed by atoms with van der Waals surface area (Å²) in [5, 5.41) is 3.05. The molecule has 1 heterocycles. The molecule has 0 aliphatic heterocycles. The molecule has 1 atom stereocenters. The van der Waals surface area contributed by atoms with Gasteiger partial charge < -0.3 is 10.1 Å². The molecule has 1 aromatic carbocycles. The highest BCUT2D eigenvalue weighted by Gasteiger charge is 2.10. The van der Waals surface area contributed by atoms with Crippen molar-refractivity contribution in [3.8, 4) is 5.88 Å². The van der Waals surface area contributed by atoms with Gasteiger partial charge in [0.25, 0.3) is 0 Å². The van der Waals surface area contributed by atoms with Crippen LogP contribution in [0.1, 0.15) is 37.8 Å². The minimum atomic E-state index is -0.0368. The predicted octanol–water partition coefficient (Wildman–Crippen LogP) is 3.61. The van der Waals surface area contributed by atoms with Gasteiger partial charge in [-0.1, -0.05) is 37.3 Å². The zero-order chi connectivity index (χ0) is 14.4. The van der Waals surface area contributed by atoms with Crippen molar-refractivity contribution in [2.45, 2.75) is 32.8 Å². The summed E-state index contributed by atoms with van der Waals surface area (Å²) in [6.07, 6.45) is 1.83. The van der Waals surface area contributed by atoms with Gasteiger partial charge >= 0.3 is 0 Å². The number of aromatic nitrogens is 2. The maximum Gasteiger partial charge on any atom is 0.219 e. The zero-order valence-corrected chi connectivity index (χ0v) is 12.3. The van der Waals surface area contributed by atoms with E-state index < -0.39 is 0 Å². The first-order valence-electron chi connectivity index (χ1n) is 7.00. The lowest BCUT2D eigenvalue weighted by molar-refractivity contribution is 0.216. The van der Waals surface area contributed by atoms with E-state index in [0.717, 1.165) is 30.0 Å². The van der Waals surface area contributed by atoms with Crippen LogP contribution in [0.2, 0.25) is 0 Å². The van der Waals surface area contributed by atoms with Gasteiger partial charge in [0, 0.05) is 19.5 Å². The van der Waals surface area contributed by atoms with Crippen molar-refractivity contribution in [2.24, 2.45) is 0 Å². The molecular weight excluding hydrogens is 250 g/mol. The SMILES string of the molecule is CCCc1nc(NC)cc(OC(C)c2ccccc2)n1. The molecule has 0 fully saturated rings. The van der Waals surface area contributed by atoms with Crippen molar-refractivity contribution in [2.75, 3.05) is 12.4 Å². The highest BCUT2D eigenvalue weighted by Crippen LogP contribution is 2.22. The first-order valence-corrected chi connectivity index (χ1v) is 7.00. The predicted molar refractivity (Wildman–Crippen MR) is 81.1 cm³/mol. The highest BCUT2D eigenvalue weighted by molar-refractivity contribution is 5.38. The van der Waals surface area contributed by atoms with Crippen LogP contribution < -0.4 is 10.1 Å². The van der Waals surface area contributed by atoms with Gasteiger partial charge in [-0.3, -0.25) is 0 Å². The van der Waals surface area contributed by atoms with Crippen LogP contribution >= 0.6 is 0 Å². The van der Waals surface area contributed by atoms with Crippen LogP contribution in [-0.4, -0.2) is 17.0 Å². The second-order valence-corrected chi connectivity index (χ2v) is 4.68. The highest BCUT2D eigenvalue weighted by atomic mass is 16.5. The zero-order valence-electron chi connectivity index (χ0n) is 12.3. The quantitative estimate of drug-likeness (QED) is 0.872. The lowest BCUT2D eigenvalue weighted by Crippen LogP contribution is -2.07. The molecule has 0 aliphatic rings. The molecule has 20 heavy (non-hydrogen) atoms. The largest absolute Gasteiger partial charge is 0.470 e. The molecule has 2 aromatic rings. The van der Waals surface area contributed by atoms with Gasteiger partial charge in [-0.25, -0.2) is 4.98 Å². The molecule has 1 unspecified atom stereocenters. The van der Waals surface area contributed by atoms with Crippen LogP contribution in [0.5, 0.6) is 5.88 Å². The Morgan fingerprint density at radius 1 is 1.20 bits per heavy atom. The third-order valence-electron chi connectivity index (χ3n) is 3.05. The Balaban J connectivity index is 2.17. The number of nitrogens with one attached hydrogen (secondary N) is 1. The number of benzene rings is 1. The minimum absolute atomic E-state index is 0.0368. The fourth-order valence-corrected chi connectivity index (χ4v) is 1.97. The van der Waals surface area contributed by atoms with E-state index in [4.69, 9.17) is 4.74 Å². The van der Waals surface area contributed by atoms with Gasteiger partial charge in [0.05, 0.1) is 0 Å². The molecule has 1 aromatic heterocycles. The molecule has 106 valence electrons. The Labute approximate surface area is 120 Å². The number of hydrogen-bond acceptors (Lipinski definition) is 4. The summed E-state index contributed by atoms with van der Waals surface area (Å²) in [7, 11) is 1.85. The second-order valence-electron chi connectivity index (χ2n) is 4.68. The molecular formula is C16H21N3O. The van der Waals surface area contributed by atoms with Crippen molar-refractivity contribution in [3.05, 3.63) is 47.8 Å². The van der Waals surface area contributed by atoms with Gasteiger partial charge in [0.1, 0.15) is 17.7 Å². The van der Waals surface area contributed by atoms with Crippen LogP contribution in [0.3, 0.4) is 0 Å². The fourth-order valence-electron chi connectivity index (χ4n) is 1.97. The van der Waals surface area contributed by atoms with Gasteiger partial charge in [-0.05, 0) is 18.9 Å². The smallest absolute Gasteiger partial charge is 0.219 e. The Kier molecular flexibility index (Phi) is 4.93. The Bertz CT molecular complexity index is 543. The number of aryl methyl sites for hydroxylation is 1. The Morgan fingerprint density at radius 2 is 1.95 bits per heavy atom. The van der Waals surface area contributed by atoms with E-state index in [1.54, 1.807) is 0 Å². The second kappa shape index (κ2) is 6.89. The summed E-state index contributed by atoms with van der Waals surface area (Å²) in [5.74, 6) is 2.22. The monoisotopic (exact) mass is 271 g/mol. The van der Waals surface area contributed by atoms with Crippen LogP contribution in [0.25, 0.3) is 0 Å². The molecule has 0 radical (unpaired) electrons. The Morgan fingerprint density at radius 3 is 2.60 bits per heavy atom. The normalized spacial score (nSPS) is 11.9. The topological polar surface area (TPSA) is 47.0 Å². The third-order valence-corrected chi connectivity index (χ3v) is 3.05. The molecule has 0 spiro atoms. The van der Waals surface area contributed by atoms with Gasteiger partial charge in [-0.2, -0.15) is 4.98 Å². The molecule has 0 amide bonds. The molecule has 4 heteroatoms. The molecule has 0 saturated carbocycles. The lowest BCUT2D eigenvalue weighted by atomic mass is 10.1. The average molecular weight is 271 g/mol. The molecule has 0 aliphatic carbocycles. The number of anilines is 1. The van der Waals surface area contributed by atoms with E-state index in [-0.39, 0.29) is 6.10 Å². The number of ether oxygens (including phenoxy) is 1. The minimum Gasteiger partial charge on any atom is -0.470 e. The first-order chi connectivity index (χ1) is 9.72. The van der Waals surface area contributed by atoms with Gasteiger partial charge in [0.2, 0.25) is 5.88 Å². The maximum absolute atomic E-state index is 5.94. The standard InChI is InChI=1S/C16H21N3O/c1-4-8-14-18-15(17-3)11-16(19-14)20-12(2)13-9-6-5-7-10-13/h5-7,9-12H,4,8H2,1-3H3,(H,17,18,19). The average Bonchev–Trinajstić information content (AvgIpc) is 2.48. The van der Waals surface area contributed by atoms with E-state index in [2.05, 4.69) is 34.3 Å². The third kappa shape index (κ3) is 3.70. The van der Waals surface area contributed by atoms with Crippen LogP contribution in [0.4, 0.5) is 5.82 Å². The number of nitrogens with zero attached hydrogens (tertiary/aromatic N) is 2. The Hall–Kier alpha value is -2.10. The van der Waals surface area contributed by atoms with Crippen LogP contribution in [0, 0.1) is 0 Å². The van der Waals surface area contributed by atoms with Crippen molar-refractivity contribution in [3.63, 3.8) is 0 Å². The van der Waals surface area contributed by atoms with E-state index in [0.29, 0.717) is 5.88 Å². The fraction of sp³-hybridized carbons (Fsp3) is 0.375. The van der Waals surface area contributed by atoms with Crippen LogP contribution in [0.15, 0.2) is 36.4 Å². The molecule has 2 rings (SSSR count). The van der Waals surface area contributed by atoms with E-state index in [1.165, 1.54) is 0 Å². The first kappa shape index (κ1) is 14.3. The van der Waals surface area contributed by atoms with E-state index in [1.807, 2.05) is 38.2 Å². The van der Waals surface area contributed by atoms with Crippen molar-refractivity contribution in [1.29, 1.82) is 0 Å². The summed E-state index contributed by atoms with van der Waals surface area (Å²) in [6.45, 7) is 4.14. The molecule has 0 bridgehead atoms. The van der Waals surface area contributed by atoms with Crippen LogP contribution in [-0.2, 0) is 6.42 Å². The summed E-state index contributed by atoms with van der Waals surface area (Å²) < 4.78 is 5.94. The van der Waals surface area contributed by atoms with E-state index in [9.17, 15) is 0 Å². The molecule has 0 saturated heterocycles. The number of rotatable bonds is 6.